The maximum atomic E-state index is 12.8. The molecule has 0 bridgehead atoms. The van der Waals surface area contributed by atoms with Gasteiger partial charge in [-0.1, -0.05) is 203 Å². The summed E-state index contributed by atoms with van der Waals surface area (Å²) in [5, 5.41) is 0. The number of carbonyl (C=O) groups is 3. The van der Waals surface area contributed by atoms with Crippen molar-refractivity contribution in [3.8, 4) is 0 Å². The molecule has 69 heavy (non-hydrogen) atoms. The van der Waals surface area contributed by atoms with Crippen molar-refractivity contribution in [3.05, 3.63) is 182 Å². The molecular weight excluding hydrogens is 853 g/mol. The average Bonchev–Trinajstić information content (AvgIpc) is 3.35. The van der Waals surface area contributed by atoms with Gasteiger partial charge in [0.05, 0.1) is 0 Å². The van der Waals surface area contributed by atoms with Crippen molar-refractivity contribution in [2.75, 3.05) is 13.2 Å². The zero-order chi connectivity index (χ0) is 50.0. The van der Waals surface area contributed by atoms with Crippen LogP contribution in [-0.4, -0.2) is 37.2 Å². The summed E-state index contributed by atoms with van der Waals surface area (Å²) >= 11 is 0. The van der Waals surface area contributed by atoms with E-state index in [0.717, 1.165) is 116 Å². The van der Waals surface area contributed by atoms with E-state index >= 15 is 0 Å². The van der Waals surface area contributed by atoms with Gasteiger partial charge in [-0.2, -0.15) is 0 Å². The fourth-order valence-corrected chi connectivity index (χ4v) is 6.08. The Kier molecular flexibility index (Phi) is 50.7. The minimum atomic E-state index is -0.866. The molecule has 0 N–H and O–H groups in total. The largest absolute Gasteiger partial charge is 0.462 e. The third-order valence-electron chi connectivity index (χ3n) is 9.90. The van der Waals surface area contributed by atoms with E-state index in [4.69, 9.17) is 14.2 Å². The first kappa shape index (κ1) is 63.5. The maximum absolute atomic E-state index is 12.8. The van der Waals surface area contributed by atoms with Gasteiger partial charge in [0.25, 0.3) is 0 Å². The molecule has 380 valence electrons. The van der Waals surface area contributed by atoms with E-state index in [-0.39, 0.29) is 38.4 Å². The van der Waals surface area contributed by atoms with E-state index in [0.29, 0.717) is 19.3 Å². The van der Waals surface area contributed by atoms with Gasteiger partial charge in [-0.05, 0) is 135 Å². The Morgan fingerprint density at radius 3 is 0.884 bits per heavy atom. The van der Waals surface area contributed by atoms with E-state index in [1.54, 1.807) is 0 Å². The quantitative estimate of drug-likeness (QED) is 0.0262. The van der Waals surface area contributed by atoms with Crippen LogP contribution in [0.5, 0.6) is 0 Å². The minimum absolute atomic E-state index is 0.156. The van der Waals surface area contributed by atoms with Crippen LogP contribution < -0.4 is 0 Å². The smallest absolute Gasteiger partial charge is 0.306 e. The Balaban J connectivity index is 4.71. The normalized spacial score (nSPS) is 13.6. The van der Waals surface area contributed by atoms with Crippen LogP contribution in [0.3, 0.4) is 0 Å². The number of ether oxygens (including phenoxy) is 3. The van der Waals surface area contributed by atoms with Crippen molar-refractivity contribution in [1.82, 2.24) is 0 Å². The van der Waals surface area contributed by atoms with Crippen LogP contribution in [0.2, 0.25) is 0 Å². The molecule has 0 unspecified atom stereocenters. The molecule has 0 aromatic rings. The number of hydrogen-bond acceptors (Lipinski definition) is 6. The van der Waals surface area contributed by atoms with Crippen molar-refractivity contribution in [1.29, 1.82) is 0 Å². The summed E-state index contributed by atoms with van der Waals surface area (Å²) in [4.78, 5) is 38.0. The van der Waals surface area contributed by atoms with E-state index in [9.17, 15) is 14.4 Å². The van der Waals surface area contributed by atoms with Crippen LogP contribution in [0.15, 0.2) is 182 Å². The number of hydrogen-bond donors (Lipinski definition) is 0. The molecule has 6 nitrogen and oxygen atoms in total. The molecule has 0 saturated heterocycles. The highest BCUT2D eigenvalue weighted by molar-refractivity contribution is 5.71. The molecule has 0 aliphatic heterocycles. The van der Waals surface area contributed by atoms with Crippen LogP contribution in [-0.2, 0) is 28.6 Å². The Morgan fingerprint density at radius 1 is 0.290 bits per heavy atom. The lowest BCUT2D eigenvalue weighted by molar-refractivity contribution is -0.166. The predicted molar refractivity (Wildman–Crippen MR) is 297 cm³/mol. The maximum Gasteiger partial charge on any atom is 0.306 e. The van der Waals surface area contributed by atoms with E-state index in [1.165, 1.54) is 0 Å². The van der Waals surface area contributed by atoms with Gasteiger partial charge < -0.3 is 14.2 Å². The third kappa shape index (κ3) is 53.3. The van der Waals surface area contributed by atoms with Gasteiger partial charge in [0, 0.05) is 19.3 Å². The molecule has 0 heterocycles. The fourth-order valence-electron chi connectivity index (χ4n) is 6.08. The first-order chi connectivity index (χ1) is 34.0. The Morgan fingerprint density at radius 2 is 0.551 bits per heavy atom. The van der Waals surface area contributed by atoms with Gasteiger partial charge in [-0.3, -0.25) is 14.4 Å². The molecule has 0 amide bonds. The predicted octanol–water partition coefficient (Wildman–Crippen LogP) is 17.7. The first-order valence-corrected chi connectivity index (χ1v) is 26.3. The van der Waals surface area contributed by atoms with Crippen LogP contribution in [0, 0.1) is 0 Å². The number of esters is 3. The van der Waals surface area contributed by atoms with Crippen LogP contribution >= 0.6 is 0 Å². The lowest BCUT2D eigenvalue weighted by Gasteiger charge is -2.18. The summed E-state index contributed by atoms with van der Waals surface area (Å²) in [5.41, 5.74) is 0. The van der Waals surface area contributed by atoms with Gasteiger partial charge in [0.15, 0.2) is 6.10 Å². The van der Waals surface area contributed by atoms with Crippen molar-refractivity contribution < 1.29 is 28.6 Å². The van der Waals surface area contributed by atoms with Crippen molar-refractivity contribution in [2.24, 2.45) is 0 Å². The highest BCUT2D eigenvalue weighted by Gasteiger charge is 2.19. The zero-order valence-electron chi connectivity index (χ0n) is 43.2. The molecule has 0 radical (unpaired) electrons. The van der Waals surface area contributed by atoms with Gasteiger partial charge in [0.2, 0.25) is 0 Å². The molecule has 6 heteroatoms. The van der Waals surface area contributed by atoms with Crippen molar-refractivity contribution in [3.63, 3.8) is 0 Å². The molecule has 0 aliphatic rings. The Hall–Kier alpha value is -5.49. The second-order valence-electron chi connectivity index (χ2n) is 16.3. The molecule has 0 aromatic carbocycles. The number of allylic oxidation sites excluding steroid dienone is 30. The summed E-state index contributed by atoms with van der Waals surface area (Å²) in [5.74, 6) is -1.16. The molecule has 0 spiro atoms. The molecular formula is C63H92O6. The van der Waals surface area contributed by atoms with Gasteiger partial charge >= 0.3 is 17.9 Å². The zero-order valence-corrected chi connectivity index (χ0v) is 43.2. The lowest BCUT2D eigenvalue weighted by atomic mass is 10.2. The summed E-state index contributed by atoms with van der Waals surface area (Å²) in [6.07, 6.45) is 83.2. The van der Waals surface area contributed by atoms with E-state index in [2.05, 4.69) is 191 Å². The van der Waals surface area contributed by atoms with E-state index in [1.807, 2.05) is 12.2 Å². The van der Waals surface area contributed by atoms with Crippen molar-refractivity contribution in [2.45, 2.75) is 181 Å². The van der Waals surface area contributed by atoms with Crippen LogP contribution in [0.4, 0.5) is 0 Å². The highest BCUT2D eigenvalue weighted by atomic mass is 16.6. The third-order valence-corrected chi connectivity index (χ3v) is 9.90. The standard InChI is InChI=1S/C63H92O6/c1-4-7-10-13-16-19-22-25-28-30-31-33-35-38-41-44-47-50-53-56-62(65)68-59-60(58-67-61(64)55-52-49-46-43-40-37-34-27-24-21-18-15-12-9-6-3)69-63(66)57-54-51-48-45-42-39-36-32-29-26-23-20-17-14-11-8-5-2/h7-12,16-21,25-29,31,33-34,36,38-41,43,45,47-48,50,60H,4-6,13-15,22-24,30,32,35,37,42,44,46,49,51-59H2,1-3H3/b10-7-,11-8-,12-9-,19-16-,20-17-,21-18-,28-25-,29-26-,33-31-,34-27-,39-36-,41-38-,43-40-,48-45-,50-47-/t60-/m0/s1. The average molecular weight is 945 g/mol. The summed E-state index contributed by atoms with van der Waals surface area (Å²) in [6.45, 7) is 6.11. The molecule has 0 rings (SSSR count). The van der Waals surface area contributed by atoms with Crippen LogP contribution in [0.1, 0.15) is 175 Å². The SMILES string of the molecule is CC/C=C\C/C=C\C/C=C\C/C=C\C/C=C\C/C=C\CCC(=O)OC[C@H](COC(=O)CCCC/C=C\C/C=C\C/C=C\C/C=C\CC)OC(=O)CCC/C=C\C/C=C\C/C=C\C/C=C\C/C=C\CC. The highest BCUT2D eigenvalue weighted by Crippen LogP contribution is 2.09. The number of unbranched alkanes of at least 4 members (excludes halogenated alkanes) is 3. The first-order valence-electron chi connectivity index (χ1n) is 26.3. The van der Waals surface area contributed by atoms with Gasteiger partial charge in [-0.25, -0.2) is 0 Å². The van der Waals surface area contributed by atoms with Crippen molar-refractivity contribution >= 4 is 17.9 Å². The van der Waals surface area contributed by atoms with E-state index < -0.39 is 18.0 Å². The second kappa shape index (κ2) is 55.1. The second-order valence-corrected chi connectivity index (χ2v) is 16.3. The lowest BCUT2D eigenvalue weighted by Crippen LogP contribution is -2.30. The summed E-state index contributed by atoms with van der Waals surface area (Å²) in [7, 11) is 0. The molecule has 1 atom stereocenters. The number of rotatable bonds is 44. The summed E-state index contributed by atoms with van der Waals surface area (Å²) < 4.78 is 16.6. The minimum Gasteiger partial charge on any atom is -0.462 e. The Bertz CT molecular complexity index is 1700. The molecule has 0 saturated carbocycles. The number of carbonyl (C=O) groups excluding carboxylic acids is 3. The van der Waals surface area contributed by atoms with Gasteiger partial charge in [-0.15, -0.1) is 0 Å². The molecule has 0 aliphatic carbocycles. The molecule has 0 fully saturated rings. The summed E-state index contributed by atoms with van der Waals surface area (Å²) in [6, 6.07) is 0. The fraction of sp³-hybridized carbons (Fsp3) is 0.476. The van der Waals surface area contributed by atoms with Crippen LogP contribution in [0.25, 0.3) is 0 Å². The topological polar surface area (TPSA) is 78.9 Å². The molecule has 0 aromatic heterocycles. The Labute approximate surface area is 421 Å². The van der Waals surface area contributed by atoms with Gasteiger partial charge in [0.1, 0.15) is 13.2 Å². The monoisotopic (exact) mass is 945 g/mol.